The largest absolute Gasteiger partial charge is 0.433 e. The Kier molecular flexibility index (Phi) is 5.97. The minimum atomic E-state index is -3.04. The average Bonchev–Trinajstić information content (AvgIpc) is 2.56. The first-order valence-electron chi connectivity index (χ1n) is 7.44. The second-order valence-electron chi connectivity index (χ2n) is 5.30. The molecule has 0 amide bonds. The maximum atomic E-state index is 13.1. The van der Waals surface area contributed by atoms with Crippen LogP contribution in [0.4, 0.5) is 0 Å². The van der Waals surface area contributed by atoms with E-state index in [-0.39, 0.29) is 0 Å². The zero-order valence-electron chi connectivity index (χ0n) is 13.4. The Morgan fingerprint density at radius 2 is 1.70 bits per heavy atom. The second-order valence-corrected chi connectivity index (χ2v) is 7.66. The van der Waals surface area contributed by atoms with Crippen LogP contribution in [0.15, 0.2) is 79.9 Å². The molecule has 0 saturated carbocycles. The first-order chi connectivity index (χ1) is 11.0. The molecule has 2 aromatic rings. The molecule has 23 heavy (non-hydrogen) atoms. The molecule has 0 saturated heterocycles. The first-order valence-corrected chi connectivity index (χ1v) is 9.47. The van der Waals surface area contributed by atoms with Crippen molar-refractivity contribution in [3.63, 3.8) is 0 Å². The molecule has 3 nitrogen and oxygen atoms in total. The van der Waals surface area contributed by atoms with Gasteiger partial charge in [0.2, 0.25) is 0 Å². The summed E-state index contributed by atoms with van der Waals surface area (Å²) >= 11 is 0. The number of benzene rings is 2. The van der Waals surface area contributed by atoms with E-state index in [9.17, 15) is 4.57 Å². The molecule has 1 unspecified atom stereocenters. The van der Waals surface area contributed by atoms with Crippen molar-refractivity contribution in [1.29, 1.82) is 0 Å². The van der Waals surface area contributed by atoms with Crippen LogP contribution in [0.25, 0.3) is 5.76 Å². The Hall–Kier alpha value is -2.09. The minimum absolute atomic E-state index is 0.415. The van der Waals surface area contributed by atoms with Crippen LogP contribution in [0.3, 0.4) is 0 Å². The summed E-state index contributed by atoms with van der Waals surface area (Å²) in [5.74, 6) is 0.415. The molecule has 0 fully saturated rings. The Labute approximate surface area is 138 Å². The minimum Gasteiger partial charge on any atom is -0.433 e. The Morgan fingerprint density at radius 1 is 1.13 bits per heavy atom. The normalized spacial score (nSPS) is 13.3. The summed E-state index contributed by atoms with van der Waals surface area (Å²) in [6.45, 7) is 10.3. The summed E-state index contributed by atoms with van der Waals surface area (Å²) in [5, 5.41) is 0. The highest BCUT2D eigenvalue weighted by Crippen LogP contribution is 2.50. The molecule has 0 heterocycles. The van der Waals surface area contributed by atoms with Crippen molar-refractivity contribution in [3.8, 4) is 0 Å². The molecule has 2 rings (SSSR count). The van der Waals surface area contributed by atoms with Gasteiger partial charge in [0, 0.05) is 25.3 Å². The van der Waals surface area contributed by atoms with Crippen molar-refractivity contribution in [1.82, 2.24) is 4.67 Å². The van der Waals surface area contributed by atoms with Crippen LogP contribution in [0.5, 0.6) is 0 Å². The third-order valence-corrected chi connectivity index (χ3v) is 5.33. The predicted octanol–water partition coefficient (Wildman–Crippen LogP) is 5.19. The third kappa shape index (κ3) is 4.95. The van der Waals surface area contributed by atoms with Crippen LogP contribution in [-0.4, -0.2) is 17.9 Å². The molecular formula is C19H22NO2P. The number of hydrogen-bond donors (Lipinski definition) is 0. The number of hydrogen-bond acceptors (Lipinski definition) is 2. The van der Waals surface area contributed by atoms with Crippen LogP contribution in [0.2, 0.25) is 0 Å². The summed E-state index contributed by atoms with van der Waals surface area (Å²) in [7, 11) is -3.04. The van der Waals surface area contributed by atoms with Gasteiger partial charge in [0.05, 0.1) is 0 Å². The smallest absolute Gasteiger partial charge is 0.316 e. The summed E-state index contributed by atoms with van der Waals surface area (Å²) < 4.78 is 20.6. The molecule has 0 aliphatic carbocycles. The number of rotatable bonds is 8. The lowest BCUT2D eigenvalue weighted by Crippen LogP contribution is -2.21. The molecule has 0 radical (unpaired) electrons. The van der Waals surface area contributed by atoms with Gasteiger partial charge in [-0.1, -0.05) is 73.3 Å². The average molecular weight is 327 g/mol. The van der Waals surface area contributed by atoms with E-state index >= 15 is 0 Å². The zero-order chi connectivity index (χ0) is 16.7. The SMILES string of the molecule is C=CCN(Cc1ccccc1)P(C)(=O)OC(=C)c1ccccc1. The topological polar surface area (TPSA) is 29.5 Å². The van der Waals surface area contributed by atoms with Crippen LogP contribution < -0.4 is 0 Å². The fourth-order valence-electron chi connectivity index (χ4n) is 2.22. The summed E-state index contributed by atoms with van der Waals surface area (Å²) in [6.07, 6.45) is 1.73. The quantitative estimate of drug-likeness (QED) is 0.380. The lowest BCUT2D eigenvalue weighted by molar-refractivity contribution is 0.358. The Balaban J connectivity index is 2.14. The van der Waals surface area contributed by atoms with Gasteiger partial charge in [0.25, 0.3) is 0 Å². The van der Waals surface area contributed by atoms with Gasteiger partial charge in [-0.3, -0.25) is 4.57 Å². The summed E-state index contributed by atoms with van der Waals surface area (Å²) in [4.78, 5) is 0. The molecule has 2 aromatic carbocycles. The van der Waals surface area contributed by atoms with Crippen LogP contribution in [-0.2, 0) is 15.6 Å². The van der Waals surface area contributed by atoms with Crippen molar-refractivity contribution >= 4 is 13.3 Å². The number of nitrogens with zero attached hydrogens (tertiary/aromatic N) is 1. The highest BCUT2D eigenvalue weighted by atomic mass is 31.2. The van der Waals surface area contributed by atoms with Gasteiger partial charge in [-0.05, 0) is 5.56 Å². The van der Waals surface area contributed by atoms with Crippen molar-refractivity contribution in [2.24, 2.45) is 0 Å². The van der Waals surface area contributed by atoms with Crippen molar-refractivity contribution in [2.75, 3.05) is 13.2 Å². The fraction of sp³-hybridized carbons (Fsp3) is 0.158. The molecule has 0 aromatic heterocycles. The Morgan fingerprint density at radius 3 is 2.26 bits per heavy atom. The van der Waals surface area contributed by atoms with E-state index in [1.165, 1.54) is 0 Å². The van der Waals surface area contributed by atoms with Gasteiger partial charge in [0.1, 0.15) is 5.76 Å². The van der Waals surface area contributed by atoms with Crippen LogP contribution >= 0.6 is 7.52 Å². The van der Waals surface area contributed by atoms with Gasteiger partial charge >= 0.3 is 7.52 Å². The van der Waals surface area contributed by atoms with Gasteiger partial charge in [-0.2, -0.15) is 0 Å². The second kappa shape index (κ2) is 7.96. The molecule has 0 aliphatic heterocycles. The van der Waals surface area contributed by atoms with Crippen molar-refractivity contribution < 1.29 is 9.09 Å². The molecule has 0 spiro atoms. The lowest BCUT2D eigenvalue weighted by Gasteiger charge is -2.28. The van der Waals surface area contributed by atoms with Crippen LogP contribution in [0, 0.1) is 0 Å². The molecule has 4 heteroatoms. The monoisotopic (exact) mass is 327 g/mol. The lowest BCUT2D eigenvalue weighted by atomic mass is 10.2. The highest BCUT2D eigenvalue weighted by Gasteiger charge is 2.27. The maximum Gasteiger partial charge on any atom is 0.316 e. The molecule has 120 valence electrons. The van der Waals surface area contributed by atoms with Gasteiger partial charge < -0.3 is 4.52 Å². The van der Waals surface area contributed by atoms with E-state index in [0.717, 1.165) is 11.1 Å². The highest BCUT2D eigenvalue weighted by molar-refractivity contribution is 7.55. The van der Waals surface area contributed by atoms with E-state index in [4.69, 9.17) is 4.52 Å². The molecular weight excluding hydrogens is 305 g/mol. The van der Waals surface area contributed by atoms with E-state index in [1.807, 2.05) is 60.7 Å². The van der Waals surface area contributed by atoms with Gasteiger partial charge in [0.15, 0.2) is 0 Å². The molecule has 0 aliphatic rings. The van der Waals surface area contributed by atoms with Crippen molar-refractivity contribution in [3.05, 3.63) is 91.0 Å². The maximum absolute atomic E-state index is 13.1. The van der Waals surface area contributed by atoms with Gasteiger partial charge in [-0.25, -0.2) is 4.67 Å². The molecule has 0 bridgehead atoms. The van der Waals surface area contributed by atoms with E-state index in [1.54, 1.807) is 17.4 Å². The van der Waals surface area contributed by atoms with Gasteiger partial charge in [-0.15, -0.1) is 6.58 Å². The van der Waals surface area contributed by atoms with Crippen LogP contribution in [0.1, 0.15) is 11.1 Å². The zero-order valence-corrected chi connectivity index (χ0v) is 14.3. The van der Waals surface area contributed by atoms with E-state index < -0.39 is 7.52 Å². The third-order valence-electron chi connectivity index (χ3n) is 3.44. The first kappa shape index (κ1) is 17.3. The Bertz CT molecular complexity index is 698. The standard InChI is InChI=1S/C19H22NO2P/c1-4-15-20(16-18-11-7-5-8-12-18)23(3,21)22-17(2)19-13-9-6-10-14-19/h4-14H,1-2,15-16H2,3H3. The predicted molar refractivity (Wildman–Crippen MR) is 97.1 cm³/mol. The van der Waals surface area contributed by atoms with E-state index in [2.05, 4.69) is 13.2 Å². The van der Waals surface area contributed by atoms with E-state index in [0.29, 0.717) is 18.8 Å². The molecule has 1 atom stereocenters. The summed E-state index contributed by atoms with van der Waals surface area (Å²) in [6, 6.07) is 19.4. The molecule has 0 N–H and O–H groups in total. The summed E-state index contributed by atoms with van der Waals surface area (Å²) in [5.41, 5.74) is 1.90. The fourth-order valence-corrected chi connectivity index (χ4v) is 3.69. The van der Waals surface area contributed by atoms with Crippen molar-refractivity contribution in [2.45, 2.75) is 6.54 Å².